The van der Waals surface area contributed by atoms with Gasteiger partial charge in [-0.1, -0.05) is 50.2 Å². The molecule has 0 aliphatic carbocycles. The van der Waals surface area contributed by atoms with E-state index in [2.05, 4.69) is 30.9 Å². The first kappa shape index (κ1) is 32.1. The van der Waals surface area contributed by atoms with Crippen molar-refractivity contribution in [2.45, 2.75) is 38.8 Å². The number of benzene rings is 2. The highest BCUT2D eigenvalue weighted by Crippen LogP contribution is 2.27. The minimum atomic E-state index is -0.537. The van der Waals surface area contributed by atoms with Crippen LogP contribution in [0.15, 0.2) is 71.6 Å². The number of H-pyrrole nitrogens is 1. The van der Waals surface area contributed by atoms with Gasteiger partial charge in [0.1, 0.15) is 21.4 Å². The Kier molecular flexibility index (Phi) is 9.73. The Morgan fingerprint density at radius 3 is 2.45 bits per heavy atom. The van der Waals surface area contributed by atoms with Crippen LogP contribution in [-0.2, 0) is 11.2 Å². The van der Waals surface area contributed by atoms with Crippen molar-refractivity contribution < 1.29 is 19.2 Å². The van der Waals surface area contributed by atoms with Gasteiger partial charge >= 0.3 is 0 Å². The van der Waals surface area contributed by atoms with Crippen molar-refractivity contribution in [3.63, 3.8) is 0 Å². The van der Waals surface area contributed by atoms with Gasteiger partial charge in [0.05, 0.1) is 18.6 Å². The number of nitrogens with zero attached hydrogens (tertiary/aromatic N) is 3. The van der Waals surface area contributed by atoms with Crippen molar-refractivity contribution in [1.29, 1.82) is 0 Å². The van der Waals surface area contributed by atoms with Crippen molar-refractivity contribution >= 4 is 57.2 Å². The van der Waals surface area contributed by atoms with Gasteiger partial charge in [0.25, 0.3) is 17.7 Å². The summed E-state index contributed by atoms with van der Waals surface area (Å²) in [7, 11) is 0. The molecule has 0 saturated heterocycles. The lowest BCUT2D eigenvalue weighted by atomic mass is 10.0. The fourth-order valence-corrected chi connectivity index (χ4v) is 7.41. The maximum atomic E-state index is 13.9. The van der Waals surface area contributed by atoms with Gasteiger partial charge < -0.3 is 25.8 Å². The molecule has 0 unspecified atom stereocenters. The number of hydrogen-bond donors (Lipinski definition) is 4. The monoisotopic (exact) mass is 669 g/mol. The first-order valence-corrected chi connectivity index (χ1v) is 17.2. The molecule has 4 bridgehead atoms. The molecule has 11 nitrogen and oxygen atoms in total. The summed E-state index contributed by atoms with van der Waals surface area (Å²) in [6.07, 6.45) is 2.63. The zero-order chi connectivity index (χ0) is 32.9. The second-order valence-corrected chi connectivity index (χ2v) is 13.5. The molecular weight excluding hydrogens is 635 g/mol. The normalized spacial score (nSPS) is 18.2. The molecule has 1 aliphatic heterocycles. The van der Waals surface area contributed by atoms with Crippen molar-refractivity contribution in [3.05, 3.63) is 104 Å². The van der Waals surface area contributed by atoms with Crippen LogP contribution in [0.3, 0.4) is 0 Å². The maximum Gasteiger partial charge on any atom is 0.271 e. The van der Waals surface area contributed by atoms with Gasteiger partial charge in [-0.25, -0.2) is 9.97 Å². The summed E-state index contributed by atoms with van der Waals surface area (Å²) in [5.74, 6) is -1.37. The van der Waals surface area contributed by atoms with Gasteiger partial charge in [-0.05, 0) is 42.5 Å². The van der Waals surface area contributed by atoms with Crippen LogP contribution in [-0.4, -0.2) is 63.1 Å². The highest BCUT2D eigenvalue weighted by atomic mass is 32.1. The summed E-state index contributed by atoms with van der Waals surface area (Å²) in [6.45, 7) is 4.25. The number of amides is 4. The van der Waals surface area contributed by atoms with Crippen molar-refractivity contribution in [2.75, 3.05) is 19.6 Å². The highest BCUT2D eigenvalue weighted by molar-refractivity contribution is 7.10. The van der Waals surface area contributed by atoms with E-state index in [1.54, 1.807) is 29.1 Å². The van der Waals surface area contributed by atoms with Crippen LogP contribution in [0.4, 0.5) is 0 Å². The van der Waals surface area contributed by atoms with E-state index < -0.39 is 12.1 Å². The maximum absolute atomic E-state index is 13.9. The summed E-state index contributed by atoms with van der Waals surface area (Å²) in [5.41, 5.74) is 2.77. The number of aromatic amines is 1. The van der Waals surface area contributed by atoms with E-state index in [4.69, 9.17) is 0 Å². The number of aromatic nitrogens is 3. The largest absolute Gasteiger partial charge is 0.361 e. The van der Waals surface area contributed by atoms with Crippen LogP contribution in [0.25, 0.3) is 10.9 Å². The zero-order valence-electron chi connectivity index (χ0n) is 26.0. The second kappa shape index (κ2) is 14.3. The van der Waals surface area contributed by atoms with Gasteiger partial charge in [-0.3, -0.25) is 19.2 Å². The summed E-state index contributed by atoms with van der Waals surface area (Å²) in [5, 5.41) is 14.3. The van der Waals surface area contributed by atoms with Crippen LogP contribution < -0.4 is 16.0 Å². The number of rotatable bonds is 4. The molecule has 0 fully saturated rings. The van der Waals surface area contributed by atoms with Gasteiger partial charge in [0.15, 0.2) is 0 Å². The summed E-state index contributed by atoms with van der Waals surface area (Å²) >= 11 is 2.61. The Bertz CT molecular complexity index is 1900. The second-order valence-electron chi connectivity index (χ2n) is 11.7. The quantitative estimate of drug-likeness (QED) is 0.214. The molecule has 13 heteroatoms. The van der Waals surface area contributed by atoms with E-state index in [1.165, 1.54) is 27.6 Å². The Balaban J connectivity index is 1.33. The SMILES string of the molecule is CC(C)[C@@H]1NC(=O)c2csc(n2)[C@H](Cc2ccccc2)NC(=O)CN(C(=O)c2cccc3[nH]ccc23)CCCNC(=O)c2csc1n2. The molecular formula is C34H35N7O4S2. The van der Waals surface area contributed by atoms with Crippen LogP contribution in [0.1, 0.15) is 79.3 Å². The Morgan fingerprint density at radius 1 is 0.915 bits per heavy atom. The topological polar surface area (TPSA) is 149 Å². The van der Waals surface area contributed by atoms with Gasteiger partial charge in [-0.15, -0.1) is 22.7 Å². The average Bonchev–Trinajstić information content (AvgIpc) is 3.85. The Hall–Kier alpha value is -4.88. The Labute approximate surface area is 279 Å². The number of carbonyl (C=O) groups excluding carboxylic acids is 4. The third kappa shape index (κ3) is 7.42. The fraction of sp³-hybridized carbons (Fsp3) is 0.294. The lowest BCUT2D eigenvalue weighted by molar-refractivity contribution is -0.122. The highest BCUT2D eigenvalue weighted by Gasteiger charge is 2.28. The summed E-state index contributed by atoms with van der Waals surface area (Å²) in [4.78, 5) is 67.9. The molecule has 242 valence electrons. The molecule has 4 heterocycles. The van der Waals surface area contributed by atoms with Gasteiger partial charge in [0, 0.05) is 46.5 Å². The molecule has 4 amide bonds. The average molecular weight is 670 g/mol. The molecule has 0 spiro atoms. The summed E-state index contributed by atoms with van der Waals surface area (Å²) in [6, 6.07) is 16.0. The molecule has 0 radical (unpaired) electrons. The molecule has 47 heavy (non-hydrogen) atoms. The van der Waals surface area contributed by atoms with Crippen LogP contribution in [0, 0.1) is 5.92 Å². The predicted molar refractivity (Wildman–Crippen MR) is 181 cm³/mol. The molecule has 2 atom stereocenters. The molecule has 3 aromatic heterocycles. The first-order valence-electron chi connectivity index (χ1n) is 15.5. The van der Waals surface area contributed by atoms with Gasteiger partial charge in [0.2, 0.25) is 5.91 Å². The molecule has 5 aromatic rings. The molecule has 4 N–H and O–H groups in total. The third-order valence-electron chi connectivity index (χ3n) is 7.98. The lowest BCUT2D eigenvalue weighted by Crippen LogP contribution is -2.43. The van der Waals surface area contributed by atoms with Crippen LogP contribution in [0.5, 0.6) is 0 Å². The fourth-order valence-electron chi connectivity index (χ4n) is 5.54. The predicted octanol–water partition coefficient (Wildman–Crippen LogP) is 4.88. The van der Waals surface area contributed by atoms with E-state index in [0.29, 0.717) is 28.4 Å². The molecule has 2 aromatic carbocycles. The number of carbonyl (C=O) groups is 4. The molecule has 6 rings (SSSR count). The van der Waals surface area contributed by atoms with Crippen LogP contribution in [0.2, 0.25) is 0 Å². The number of thiazole rings is 2. The first-order chi connectivity index (χ1) is 22.8. The van der Waals surface area contributed by atoms with E-state index in [9.17, 15) is 19.2 Å². The van der Waals surface area contributed by atoms with Gasteiger partial charge in [-0.2, -0.15) is 0 Å². The van der Waals surface area contributed by atoms with E-state index in [1.807, 2.05) is 56.3 Å². The van der Waals surface area contributed by atoms with E-state index >= 15 is 0 Å². The molecule has 1 aliphatic rings. The van der Waals surface area contributed by atoms with E-state index in [0.717, 1.165) is 16.5 Å². The smallest absolute Gasteiger partial charge is 0.271 e. The number of nitrogens with one attached hydrogen (secondary N) is 4. The standard InChI is InChI=1S/C34H35N7O4S2/c1-20(2)29-33-39-26(18-47-33)30(43)36-13-7-15-41(34(45)23-10-6-11-24-22(23)12-14-35-24)17-28(42)37-25(16-21-8-4-3-5-9-21)32-38-27(19-46-32)31(44)40-29/h3-6,8-12,14,18-20,25,29,35H,7,13,15-17H2,1-2H3,(H,36,43)(H,37,42)(H,40,44)/t25-,29-/m0/s1. The third-order valence-corrected chi connectivity index (χ3v) is 9.87. The minimum Gasteiger partial charge on any atom is -0.361 e. The summed E-state index contributed by atoms with van der Waals surface area (Å²) < 4.78 is 0. The lowest BCUT2D eigenvalue weighted by Gasteiger charge is -2.24. The minimum absolute atomic E-state index is 0.000945. The van der Waals surface area contributed by atoms with Crippen molar-refractivity contribution in [3.8, 4) is 0 Å². The van der Waals surface area contributed by atoms with Crippen LogP contribution >= 0.6 is 22.7 Å². The van der Waals surface area contributed by atoms with E-state index in [-0.39, 0.29) is 60.6 Å². The number of hydrogen-bond acceptors (Lipinski definition) is 8. The molecule has 0 saturated carbocycles. The zero-order valence-corrected chi connectivity index (χ0v) is 27.6. The Morgan fingerprint density at radius 2 is 1.66 bits per heavy atom. The van der Waals surface area contributed by atoms with Crippen molar-refractivity contribution in [1.82, 2.24) is 35.8 Å². The van der Waals surface area contributed by atoms with Crippen molar-refractivity contribution in [2.24, 2.45) is 5.92 Å². The number of fused-ring (bicyclic) bond motifs is 5.